The predicted molar refractivity (Wildman–Crippen MR) is 83.2 cm³/mol. The molecule has 19 heavy (non-hydrogen) atoms. The molecule has 0 saturated carbocycles. The van der Waals surface area contributed by atoms with Gasteiger partial charge in [0.05, 0.1) is 10.0 Å². The first-order valence-electron chi connectivity index (χ1n) is 5.21. The minimum Gasteiger partial charge on any atom is -1.00 e. The SMILES string of the molecule is CC(=O)O.Clc1cccc(-c2ccccc2)c1Cl.[Ca+2].[H-].[H-]. The van der Waals surface area contributed by atoms with Crippen LogP contribution in [0.25, 0.3) is 11.1 Å². The van der Waals surface area contributed by atoms with Crippen molar-refractivity contribution in [2.75, 3.05) is 0 Å². The van der Waals surface area contributed by atoms with Gasteiger partial charge in [0.15, 0.2) is 0 Å². The molecule has 0 saturated heterocycles. The number of carboxylic acid groups (broad SMARTS) is 1. The van der Waals surface area contributed by atoms with Crippen LogP contribution in [0.5, 0.6) is 0 Å². The molecule has 2 aromatic carbocycles. The van der Waals surface area contributed by atoms with Gasteiger partial charge in [-0.2, -0.15) is 0 Å². The number of aliphatic carboxylic acids is 1. The summed E-state index contributed by atoms with van der Waals surface area (Å²) in [7, 11) is 0. The smallest absolute Gasteiger partial charge is 1.00 e. The standard InChI is InChI=1S/C12H8Cl2.C2H4O2.Ca.2H/c13-11-8-4-7-10(12(11)14)9-5-2-1-3-6-9;1-2(3)4;;;/h1-8H;1H3,(H,3,4);;;/q;;+2;2*-1. The molecular weight excluding hydrogens is 311 g/mol. The molecule has 2 aromatic rings. The second-order valence-electron chi connectivity index (χ2n) is 3.49. The van der Waals surface area contributed by atoms with Gasteiger partial charge in [-0.15, -0.1) is 0 Å². The second-order valence-corrected chi connectivity index (χ2v) is 4.27. The molecule has 0 aliphatic rings. The minimum absolute atomic E-state index is 0. The normalized spacial score (nSPS) is 8.79. The molecule has 2 rings (SSSR count). The van der Waals surface area contributed by atoms with E-state index in [1.807, 2.05) is 42.5 Å². The van der Waals surface area contributed by atoms with Crippen LogP contribution in [0.2, 0.25) is 10.0 Å². The molecule has 0 unspecified atom stereocenters. The van der Waals surface area contributed by atoms with Crippen molar-refractivity contribution in [1.82, 2.24) is 0 Å². The summed E-state index contributed by atoms with van der Waals surface area (Å²) in [5.74, 6) is -0.833. The van der Waals surface area contributed by atoms with Gasteiger partial charge in [0.1, 0.15) is 0 Å². The number of rotatable bonds is 1. The molecule has 0 aliphatic carbocycles. The fraction of sp³-hybridized carbons (Fsp3) is 0.0714. The molecule has 0 aromatic heterocycles. The maximum atomic E-state index is 9.00. The Kier molecular flexibility index (Phi) is 9.50. The van der Waals surface area contributed by atoms with Crippen LogP contribution in [-0.4, -0.2) is 48.8 Å². The number of benzene rings is 2. The third-order valence-corrected chi connectivity index (χ3v) is 2.86. The Balaban J connectivity index is -0.000000417. The molecule has 98 valence electrons. The third kappa shape index (κ3) is 6.64. The summed E-state index contributed by atoms with van der Waals surface area (Å²) in [6.45, 7) is 1.08. The monoisotopic (exact) mass is 324 g/mol. The Labute approximate surface area is 155 Å². The van der Waals surface area contributed by atoms with E-state index in [1.54, 1.807) is 6.07 Å². The Morgan fingerprint density at radius 2 is 1.58 bits per heavy atom. The maximum absolute atomic E-state index is 9.00. The average Bonchev–Trinajstić information content (AvgIpc) is 2.33. The van der Waals surface area contributed by atoms with Crippen molar-refractivity contribution >= 4 is 66.9 Å². The van der Waals surface area contributed by atoms with Crippen molar-refractivity contribution in [2.45, 2.75) is 6.92 Å². The van der Waals surface area contributed by atoms with Crippen LogP contribution in [0.3, 0.4) is 0 Å². The zero-order chi connectivity index (χ0) is 13.5. The fourth-order valence-electron chi connectivity index (χ4n) is 1.34. The van der Waals surface area contributed by atoms with Crippen LogP contribution in [0.1, 0.15) is 9.78 Å². The molecule has 0 heterocycles. The Hall–Kier alpha value is -0.250. The minimum atomic E-state index is -0.833. The average molecular weight is 325 g/mol. The largest absolute Gasteiger partial charge is 2.00 e. The van der Waals surface area contributed by atoms with Gasteiger partial charge in [0.2, 0.25) is 0 Å². The second kappa shape index (κ2) is 9.62. The molecule has 0 amide bonds. The van der Waals surface area contributed by atoms with Gasteiger partial charge in [-0.3, -0.25) is 4.79 Å². The molecule has 2 nitrogen and oxygen atoms in total. The summed E-state index contributed by atoms with van der Waals surface area (Å²) in [4.78, 5) is 9.00. The van der Waals surface area contributed by atoms with E-state index in [2.05, 4.69) is 0 Å². The summed E-state index contributed by atoms with van der Waals surface area (Å²) in [6.07, 6.45) is 0. The van der Waals surface area contributed by atoms with Crippen molar-refractivity contribution < 1.29 is 12.8 Å². The maximum Gasteiger partial charge on any atom is 2.00 e. The topological polar surface area (TPSA) is 37.3 Å². The number of hydrogen-bond acceptors (Lipinski definition) is 1. The molecule has 0 spiro atoms. The summed E-state index contributed by atoms with van der Waals surface area (Å²) < 4.78 is 0. The summed E-state index contributed by atoms with van der Waals surface area (Å²) >= 11 is 12.0. The summed E-state index contributed by atoms with van der Waals surface area (Å²) in [5, 5.41) is 8.62. The van der Waals surface area contributed by atoms with Gasteiger partial charge in [0, 0.05) is 12.5 Å². The first kappa shape index (κ1) is 18.7. The number of halogens is 2. The van der Waals surface area contributed by atoms with E-state index in [-0.39, 0.29) is 40.6 Å². The predicted octanol–water partition coefficient (Wildman–Crippen LogP) is 4.60. The van der Waals surface area contributed by atoms with Crippen LogP contribution < -0.4 is 0 Å². The molecule has 5 heteroatoms. The van der Waals surface area contributed by atoms with Crippen molar-refractivity contribution in [3.8, 4) is 11.1 Å². The van der Waals surface area contributed by atoms with Crippen molar-refractivity contribution in [2.24, 2.45) is 0 Å². The number of carboxylic acids is 1. The van der Waals surface area contributed by atoms with E-state index in [0.29, 0.717) is 10.0 Å². The van der Waals surface area contributed by atoms with Crippen LogP contribution in [0, 0.1) is 0 Å². The summed E-state index contributed by atoms with van der Waals surface area (Å²) in [6, 6.07) is 15.6. The number of hydrogen-bond donors (Lipinski definition) is 1. The van der Waals surface area contributed by atoms with E-state index in [9.17, 15) is 0 Å². The van der Waals surface area contributed by atoms with Crippen LogP contribution in [0.15, 0.2) is 48.5 Å². The Bertz CT molecular complexity index is 536. The van der Waals surface area contributed by atoms with Gasteiger partial charge in [0.25, 0.3) is 5.97 Å². The van der Waals surface area contributed by atoms with Crippen LogP contribution in [-0.2, 0) is 4.79 Å². The first-order valence-corrected chi connectivity index (χ1v) is 5.97. The molecule has 1 N–H and O–H groups in total. The Morgan fingerprint density at radius 3 is 2.11 bits per heavy atom. The van der Waals surface area contributed by atoms with Crippen molar-refractivity contribution in [3.63, 3.8) is 0 Å². The van der Waals surface area contributed by atoms with E-state index < -0.39 is 5.97 Å². The molecule has 0 bridgehead atoms. The fourth-order valence-corrected chi connectivity index (χ4v) is 1.75. The van der Waals surface area contributed by atoms with Gasteiger partial charge >= 0.3 is 37.7 Å². The zero-order valence-electron chi connectivity index (χ0n) is 12.4. The third-order valence-electron chi connectivity index (χ3n) is 2.04. The molecule has 0 radical (unpaired) electrons. The van der Waals surface area contributed by atoms with Crippen LogP contribution >= 0.6 is 23.2 Å². The van der Waals surface area contributed by atoms with E-state index in [0.717, 1.165) is 18.1 Å². The van der Waals surface area contributed by atoms with E-state index in [1.165, 1.54) is 0 Å². The molecule has 0 aliphatic heterocycles. The van der Waals surface area contributed by atoms with Crippen molar-refractivity contribution in [1.29, 1.82) is 0 Å². The van der Waals surface area contributed by atoms with Gasteiger partial charge in [-0.25, -0.2) is 0 Å². The number of carbonyl (C=O) groups is 1. The van der Waals surface area contributed by atoms with Gasteiger partial charge < -0.3 is 7.96 Å². The van der Waals surface area contributed by atoms with Gasteiger partial charge in [-0.05, 0) is 11.6 Å². The van der Waals surface area contributed by atoms with Crippen LogP contribution in [0.4, 0.5) is 0 Å². The molecular formula is C14H14CaCl2O2. The molecule has 0 atom stereocenters. The van der Waals surface area contributed by atoms with Crippen molar-refractivity contribution in [3.05, 3.63) is 58.6 Å². The molecule has 0 fully saturated rings. The zero-order valence-corrected chi connectivity index (χ0v) is 14.2. The quantitative estimate of drug-likeness (QED) is 0.778. The summed E-state index contributed by atoms with van der Waals surface area (Å²) in [5.41, 5.74) is 2.06. The van der Waals surface area contributed by atoms with E-state index in [4.69, 9.17) is 33.1 Å². The van der Waals surface area contributed by atoms with E-state index >= 15 is 0 Å². The first-order chi connectivity index (χ1) is 8.52. The Morgan fingerprint density at radius 1 is 1.05 bits per heavy atom. The van der Waals surface area contributed by atoms with Gasteiger partial charge in [-0.1, -0.05) is 65.7 Å².